The molecule has 1 aromatic rings. The number of carbonyl (C=O) groups excluding carboxylic acids is 3. The number of carboxylic acid groups (broad SMARTS) is 1. The molecule has 11 nitrogen and oxygen atoms in total. The van der Waals surface area contributed by atoms with Crippen LogP contribution in [-0.2, 0) is 30.5 Å². The maximum Gasteiger partial charge on any atom is 0.490 e. The first-order valence-electron chi connectivity index (χ1n) is 10.8. The molecular weight excluding hydrogens is 491 g/mol. The summed E-state index contributed by atoms with van der Waals surface area (Å²) in [6.07, 6.45) is -5.92. The van der Waals surface area contributed by atoms with Gasteiger partial charge in [-0.05, 0) is 24.8 Å². The Labute approximate surface area is 205 Å². The Morgan fingerprint density at radius 1 is 1.03 bits per heavy atom. The van der Waals surface area contributed by atoms with Gasteiger partial charge in [0.25, 0.3) is 0 Å². The number of hydrogen-bond acceptors (Lipinski definition) is 8. The number of carboxylic acids is 1. The van der Waals surface area contributed by atoms with Crippen LogP contribution in [0.1, 0.15) is 32.8 Å². The smallest absolute Gasteiger partial charge is 0.475 e. The second-order valence-corrected chi connectivity index (χ2v) is 8.10. The van der Waals surface area contributed by atoms with E-state index in [4.69, 9.17) is 20.4 Å². The molecule has 0 unspecified atom stereocenters. The number of alkyl halides is 3. The first-order valence-corrected chi connectivity index (χ1v) is 10.8. The van der Waals surface area contributed by atoms with Crippen LogP contribution in [0.5, 0.6) is 0 Å². The molecule has 0 aliphatic heterocycles. The molecule has 14 heteroatoms. The van der Waals surface area contributed by atoms with E-state index >= 15 is 0 Å². The lowest BCUT2D eigenvalue weighted by molar-refractivity contribution is -0.192. The molecule has 4 atom stereocenters. The second kappa shape index (κ2) is 15.7. The van der Waals surface area contributed by atoms with Gasteiger partial charge in [-0.15, -0.1) is 0 Å². The maximum absolute atomic E-state index is 12.4. The largest absolute Gasteiger partial charge is 0.490 e. The third kappa shape index (κ3) is 13.0. The van der Waals surface area contributed by atoms with Gasteiger partial charge in [0.15, 0.2) is 6.04 Å². The number of aliphatic carboxylic acids is 1. The number of nitrogens with two attached hydrogens (primary N) is 1. The highest BCUT2D eigenvalue weighted by atomic mass is 19.4. The van der Waals surface area contributed by atoms with Gasteiger partial charge in [0.05, 0.1) is 18.8 Å². The Bertz CT molecular complexity index is 851. The predicted octanol–water partition coefficient (Wildman–Crippen LogP) is 0.0792. The molecular formula is C22H32F3N3O8. The van der Waals surface area contributed by atoms with Crippen molar-refractivity contribution in [3.63, 3.8) is 0 Å². The average molecular weight is 524 g/mol. The van der Waals surface area contributed by atoms with Crippen LogP contribution in [-0.4, -0.2) is 76.1 Å². The van der Waals surface area contributed by atoms with Gasteiger partial charge >= 0.3 is 18.1 Å². The van der Waals surface area contributed by atoms with E-state index in [1.54, 1.807) is 24.3 Å². The van der Waals surface area contributed by atoms with E-state index in [0.29, 0.717) is 6.42 Å². The quantitative estimate of drug-likeness (QED) is 0.218. The summed E-state index contributed by atoms with van der Waals surface area (Å²) >= 11 is 0. The van der Waals surface area contributed by atoms with E-state index in [0.717, 1.165) is 5.56 Å². The zero-order valence-electron chi connectivity index (χ0n) is 20.0. The van der Waals surface area contributed by atoms with Crippen molar-refractivity contribution in [3.05, 3.63) is 35.9 Å². The fourth-order valence-corrected chi connectivity index (χ4v) is 2.54. The SMILES string of the molecule is CC(C)C[C@H](N)C(=O)N[C@@H](CO)C(=O)N[C@H](C(=O)OCc1ccccc1)[C@@H](C)O.O=C(O)C(F)(F)F. The van der Waals surface area contributed by atoms with E-state index in [1.807, 2.05) is 19.9 Å². The Morgan fingerprint density at radius 3 is 1.97 bits per heavy atom. The van der Waals surface area contributed by atoms with Crippen molar-refractivity contribution in [2.24, 2.45) is 11.7 Å². The highest BCUT2D eigenvalue weighted by Gasteiger charge is 2.38. The normalized spacial score (nSPS) is 14.4. The van der Waals surface area contributed by atoms with Gasteiger partial charge in [-0.3, -0.25) is 9.59 Å². The summed E-state index contributed by atoms with van der Waals surface area (Å²) < 4.78 is 36.9. The fourth-order valence-electron chi connectivity index (χ4n) is 2.54. The molecule has 1 rings (SSSR count). The van der Waals surface area contributed by atoms with Crippen molar-refractivity contribution in [1.82, 2.24) is 10.6 Å². The number of aliphatic hydroxyl groups is 2. The first kappa shape index (κ1) is 32.8. The minimum Gasteiger partial charge on any atom is -0.475 e. The highest BCUT2D eigenvalue weighted by molar-refractivity contribution is 5.92. The zero-order chi connectivity index (χ0) is 28.1. The van der Waals surface area contributed by atoms with Crippen molar-refractivity contribution in [3.8, 4) is 0 Å². The Morgan fingerprint density at radius 2 is 1.56 bits per heavy atom. The zero-order valence-corrected chi connectivity index (χ0v) is 20.0. The van der Waals surface area contributed by atoms with Crippen LogP contribution in [0.2, 0.25) is 0 Å². The number of carbonyl (C=O) groups is 4. The monoisotopic (exact) mass is 523 g/mol. The number of rotatable bonds is 11. The molecule has 0 aliphatic carbocycles. The van der Waals surface area contributed by atoms with Crippen LogP contribution in [0.25, 0.3) is 0 Å². The van der Waals surface area contributed by atoms with Crippen molar-refractivity contribution in [1.29, 1.82) is 0 Å². The van der Waals surface area contributed by atoms with Crippen molar-refractivity contribution in [2.75, 3.05) is 6.61 Å². The molecule has 0 spiro atoms. The minimum atomic E-state index is -5.08. The van der Waals surface area contributed by atoms with E-state index in [-0.39, 0.29) is 12.5 Å². The van der Waals surface area contributed by atoms with E-state index in [1.165, 1.54) is 6.92 Å². The summed E-state index contributed by atoms with van der Waals surface area (Å²) in [5.74, 6) is -4.84. The Hall–Kier alpha value is -3.23. The first-order chi connectivity index (χ1) is 16.6. The van der Waals surface area contributed by atoms with Crippen LogP contribution in [0.3, 0.4) is 0 Å². The van der Waals surface area contributed by atoms with E-state index < -0.39 is 60.8 Å². The molecule has 0 aliphatic rings. The lowest BCUT2D eigenvalue weighted by Crippen LogP contribution is -2.58. The molecule has 0 radical (unpaired) electrons. The molecule has 1 aromatic carbocycles. The van der Waals surface area contributed by atoms with Gasteiger partial charge in [-0.2, -0.15) is 13.2 Å². The van der Waals surface area contributed by atoms with Gasteiger partial charge in [0.2, 0.25) is 11.8 Å². The number of amides is 2. The summed E-state index contributed by atoms with van der Waals surface area (Å²) in [4.78, 5) is 45.7. The molecule has 0 saturated heterocycles. The topological polar surface area (TPSA) is 188 Å². The van der Waals surface area contributed by atoms with Crippen LogP contribution >= 0.6 is 0 Å². The van der Waals surface area contributed by atoms with E-state index in [9.17, 15) is 37.8 Å². The predicted molar refractivity (Wildman–Crippen MR) is 120 cm³/mol. The van der Waals surface area contributed by atoms with Crippen LogP contribution in [0.4, 0.5) is 13.2 Å². The van der Waals surface area contributed by atoms with Gasteiger partial charge in [0, 0.05) is 0 Å². The second-order valence-electron chi connectivity index (χ2n) is 8.10. The van der Waals surface area contributed by atoms with E-state index in [2.05, 4.69) is 10.6 Å². The molecule has 0 fully saturated rings. The van der Waals surface area contributed by atoms with Gasteiger partial charge in [-0.25, -0.2) is 9.59 Å². The Balaban J connectivity index is 0.00000152. The van der Waals surface area contributed by atoms with Gasteiger partial charge < -0.3 is 36.4 Å². The standard InChI is InChI=1S/C20H31N3O6.C2HF3O2/c1-12(2)9-15(21)18(26)22-16(10-24)19(27)23-17(13(3)25)20(28)29-11-14-7-5-4-6-8-14;3-2(4,5)1(6)7/h4-8,12-13,15-17,24-25H,9-11,21H2,1-3H3,(H,22,26)(H,23,27);(H,6,7)/t13-,15+,16+,17+;/m1./s1. The molecule has 2 amide bonds. The highest BCUT2D eigenvalue weighted by Crippen LogP contribution is 2.13. The van der Waals surface area contributed by atoms with Crippen LogP contribution in [0.15, 0.2) is 30.3 Å². The average Bonchev–Trinajstić information content (AvgIpc) is 2.78. The number of aliphatic hydroxyl groups excluding tert-OH is 2. The number of halogens is 3. The number of hydrogen-bond donors (Lipinski definition) is 6. The number of benzene rings is 1. The van der Waals surface area contributed by atoms with Crippen molar-refractivity contribution >= 4 is 23.8 Å². The van der Waals surface area contributed by atoms with Crippen LogP contribution in [0, 0.1) is 5.92 Å². The summed E-state index contributed by atoms with van der Waals surface area (Å²) in [6, 6.07) is 5.42. The van der Waals surface area contributed by atoms with Gasteiger partial charge in [0.1, 0.15) is 12.6 Å². The molecule has 0 heterocycles. The van der Waals surface area contributed by atoms with Crippen molar-refractivity contribution < 1.29 is 52.4 Å². The summed E-state index contributed by atoms with van der Waals surface area (Å²) in [5.41, 5.74) is 6.52. The lowest BCUT2D eigenvalue weighted by atomic mass is 10.0. The minimum absolute atomic E-state index is 0.0248. The Kier molecular flexibility index (Phi) is 14.3. The summed E-state index contributed by atoms with van der Waals surface area (Å²) in [5, 5.41) is 31.1. The third-order valence-corrected chi connectivity index (χ3v) is 4.38. The number of ether oxygens (including phenoxy) is 1. The fraction of sp³-hybridized carbons (Fsp3) is 0.545. The molecule has 0 aromatic heterocycles. The number of nitrogens with one attached hydrogen (secondary N) is 2. The van der Waals surface area contributed by atoms with Gasteiger partial charge in [-0.1, -0.05) is 44.2 Å². The lowest BCUT2D eigenvalue weighted by Gasteiger charge is -2.24. The molecule has 204 valence electrons. The maximum atomic E-state index is 12.4. The molecule has 36 heavy (non-hydrogen) atoms. The molecule has 0 bridgehead atoms. The van der Waals surface area contributed by atoms with Crippen molar-refractivity contribution in [2.45, 2.75) is 64.2 Å². The number of esters is 1. The summed E-state index contributed by atoms with van der Waals surface area (Å²) in [7, 11) is 0. The third-order valence-electron chi connectivity index (χ3n) is 4.38. The molecule has 7 N–H and O–H groups in total. The van der Waals surface area contributed by atoms with Crippen LogP contribution < -0.4 is 16.4 Å². The molecule has 0 saturated carbocycles. The summed E-state index contributed by atoms with van der Waals surface area (Å²) in [6.45, 7) is 4.40.